The van der Waals surface area contributed by atoms with Crippen LogP contribution in [0.5, 0.6) is 0 Å². The first kappa shape index (κ1) is 10.2. The van der Waals surface area contributed by atoms with Crippen molar-refractivity contribution >= 4 is 0 Å². The zero-order valence-electron chi connectivity index (χ0n) is 10.0. The van der Waals surface area contributed by atoms with Crippen molar-refractivity contribution in [2.75, 3.05) is 0 Å². The van der Waals surface area contributed by atoms with E-state index in [1.54, 1.807) is 25.7 Å². The maximum atomic E-state index is 2.01. The molecule has 85 valence electrons. The Morgan fingerprint density at radius 2 is 1.27 bits per heavy atom. The summed E-state index contributed by atoms with van der Waals surface area (Å²) in [5.41, 5.74) is 0. The van der Waals surface area contributed by atoms with Crippen molar-refractivity contribution in [1.29, 1.82) is 0 Å². The lowest BCUT2D eigenvalue weighted by Gasteiger charge is -2.32. The van der Waals surface area contributed by atoms with Crippen molar-refractivity contribution in [3.63, 3.8) is 0 Å². The molecule has 0 N–H and O–H groups in total. The minimum absolute atomic E-state index is 1.06. The Balaban J connectivity index is 1.52. The summed E-state index contributed by atoms with van der Waals surface area (Å²) in [5, 5.41) is 0. The lowest BCUT2D eigenvalue weighted by atomic mass is 9.73. The lowest BCUT2D eigenvalue weighted by Crippen LogP contribution is -2.19. The molecule has 3 fully saturated rings. The van der Waals surface area contributed by atoms with Gasteiger partial charge in [-0.25, -0.2) is 0 Å². The third kappa shape index (κ3) is 2.57. The van der Waals surface area contributed by atoms with Crippen LogP contribution in [-0.4, -0.2) is 0 Å². The summed E-state index contributed by atoms with van der Waals surface area (Å²) in [7, 11) is 0. The average molecular weight is 205 g/mol. The fraction of sp³-hybridized carbons (Fsp3) is 0.933. The molecule has 0 saturated heterocycles. The third-order valence-electron chi connectivity index (χ3n) is 4.96. The topological polar surface area (TPSA) is 0 Å². The predicted molar refractivity (Wildman–Crippen MR) is 64.5 cm³/mol. The summed E-state index contributed by atoms with van der Waals surface area (Å²) in [6.45, 7) is 0. The van der Waals surface area contributed by atoms with E-state index >= 15 is 0 Å². The highest BCUT2D eigenvalue weighted by molar-refractivity contribution is 5.03. The van der Waals surface area contributed by atoms with Crippen LogP contribution >= 0.6 is 0 Å². The lowest BCUT2D eigenvalue weighted by molar-refractivity contribution is 0.277. The molecule has 1 radical (unpaired) electrons. The third-order valence-corrected chi connectivity index (χ3v) is 4.96. The molecule has 15 heavy (non-hydrogen) atoms. The molecule has 0 nitrogen and oxygen atoms in total. The van der Waals surface area contributed by atoms with Crippen molar-refractivity contribution in [1.82, 2.24) is 0 Å². The summed E-state index contributed by atoms with van der Waals surface area (Å²) in [5.74, 6) is 5.31. The van der Waals surface area contributed by atoms with Crippen LogP contribution in [0.15, 0.2) is 0 Å². The van der Waals surface area contributed by atoms with Crippen molar-refractivity contribution in [2.45, 2.75) is 70.6 Å². The van der Waals surface area contributed by atoms with Crippen molar-refractivity contribution in [2.24, 2.45) is 17.8 Å². The molecule has 0 atom stereocenters. The number of hydrogen-bond donors (Lipinski definition) is 0. The van der Waals surface area contributed by atoms with Gasteiger partial charge in [0.25, 0.3) is 0 Å². The normalized spacial score (nSPS) is 28.6. The Labute approximate surface area is 94.8 Å². The molecular formula is C15H25. The summed E-state index contributed by atoms with van der Waals surface area (Å²) >= 11 is 0. The summed E-state index contributed by atoms with van der Waals surface area (Å²) in [4.78, 5) is 0. The molecule has 0 unspecified atom stereocenters. The van der Waals surface area contributed by atoms with Gasteiger partial charge in [-0.05, 0) is 49.4 Å². The van der Waals surface area contributed by atoms with Crippen LogP contribution < -0.4 is 0 Å². The molecule has 0 aromatic rings. The van der Waals surface area contributed by atoms with E-state index in [2.05, 4.69) is 0 Å². The summed E-state index contributed by atoms with van der Waals surface area (Å²) in [6, 6.07) is 0. The van der Waals surface area contributed by atoms with Gasteiger partial charge in [-0.2, -0.15) is 0 Å². The Bertz CT molecular complexity index is 194. The van der Waals surface area contributed by atoms with Crippen molar-refractivity contribution in [3.8, 4) is 0 Å². The minimum Gasteiger partial charge on any atom is -0.0530 e. The quantitative estimate of drug-likeness (QED) is 0.608. The van der Waals surface area contributed by atoms with Gasteiger partial charge in [0.1, 0.15) is 0 Å². The van der Waals surface area contributed by atoms with Gasteiger partial charge in [-0.15, -0.1) is 0 Å². The highest BCUT2D eigenvalue weighted by Crippen LogP contribution is 2.47. The molecule has 0 heterocycles. The van der Waals surface area contributed by atoms with Gasteiger partial charge in [0.05, 0.1) is 0 Å². The Morgan fingerprint density at radius 3 is 1.73 bits per heavy atom. The van der Waals surface area contributed by atoms with E-state index < -0.39 is 0 Å². The van der Waals surface area contributed by atoms with Crippen LogP contribution in [0.3, 0.4) is 0 Å². The molecule has 0 aromatic heterocycles. The number of rotatable bonds is 5. The van der Waals surface area contributed by atoms with Gasteiger partial charge in [0, 0.05) is 0 Å². The SMILES string of the molecule is C1CC(C[C](CC2CC2)C2CCCC2)C1. The van der Waals surface area contributed by atoms with E-state index in [4.69, 9.17) is 0 Å². The van der Waals surface area contributed by atoms with Gasteiger partial charge >= 0.3 is 0 Å². The summed E-state index contributed by atoms with van der Waals surface area (Å²) < 4.78 is 0. The smallest absolute Gasteiger partial charge is 0.0205 e. The molecule has 0 amide bonds. The van der Waals surface area contributed by atoms with Crippen molar-refractivity contribution < 1.29 is 0 Å². The average Bonchev–Trinajstić information content (AvgIpc) is 2.81. The molecule has 3 aliphatic rings. The number of hydrogen-bond acceptors (Lipinski definition) is 0. The van der Waals surface area contributed by atoms with Crippen LogP contribution in [0, 0.1) is 23.7 Å². The van der Waals surface area contributed by atoms with Crippen LogP contribution in [0.25, 0.3) is 0 Å². The van der Waals surface area contributed by atoms with E-state index in [1.807, 2.05) is 5.92 Å². The molecule has 0 spiro atoms. The second-order valence-corrected chi connectivity index (χ2v) is 6.29. The largest absolute Gasteiger partial charge is 0.0530 e. The zero-order valence-corrected chi connectivity index (χ0v) is 10.0. The first-order chi connectivity index (χ1) is 7.42. The first-order valence-electron chi connectivity index (χ1n) is 7.26. The first-order valence-corrected chi connectivity index (χ1v) is 7.26. The van der Waals surface area contributed by atoms with Crippen LogP contribution in [-0.2, 0) is 0 Å². The van der Waals surface area contributed by atoms with Gasteiger partial charge < -0.3 is 0 Å². The van der Waals surface area contributed by atoms with Crippen LogP contribution in [0.4, 0.5) is 0 Å². The molecule has 0 bridgehead atoms. The van der Waals surface area contributed by atoms with E-state index in [0.29, 0.717) is 0 Å². The molecular weight excluding hydrogens is 180 g/mol. The monoisotopic (exact) mass is 205 g/mol. The molecule has 0 aromatic carbocycles. The van der Waals surface area contributed by atoms with Gasteiger partial charge in [-0.1, -0.05) is 44.9 Å². The second kappa shape index (κ2) is 4.47. The standard InChI is InChI=1S/C15H25/c1-2-7-14(6-1)15(11-13-8-9-13)10-12-4-3-5-12/h12-14H,1-11H2. The van der Waals surface area contributed by atoms with Gasteiger partial charge in [0.2, 0.25) is 0 Å². The van der Waals surface area contributed by atoms with Gasteiger partial charge in [0.15, 0.2) is 0 Å². The summed E-state index contributed by atoms with van der Waals surface area (Å²) in [6.07, 6.45) is 16.9. The van der Waals surface area contributed by atoms with E-state index in [1.165, 1.54) is 44.9 Å². The Hall–Kier alpha value is 0. The zero-order chi connectivity index (χ0) is 10.1. The molecule has 3 rings (SSSR count). The van der Waals surface area contributed by atoms with E-state index in [-0.39, 0.29) is 0 Å². The van der Waals surface area contributed by atoms with E-state index in [0.717, 1.165) is 17.8 Å². The Morgan fingerprint density at radius 1 is 0.667 bits per heavy atom. The fourth-order valence-electron chi connectivity index (χ4n) is 3.51. The maximum absolute atomic E-state index is 2.01. The molecule has 3 aliphatic carbocycles. The highest BCUT2D eigenvalue weighted by Gasteiger charge is 2.34. The van der Waals surface area contributed by atoms with Crippen LogP contribution in [0.2, 0.25) is 0 Å². The predicted octanol–water partition coefficient (Wildman–Crippen LogP) is 4.74. The highest BCUT2D eigenvalue weighted by atomic mass is 14.4. The Kier molecular flexibility index (Phi) is 3.03. The fourth-order valence-corrected chi connectivity index (χ4v) is 3.51. The molecule has 3 saturated carbocycles. The van der Waals surface area contributed by atoms with E-state index in [9.17, 15) is 0 Å². The minimum atomic E-state index is 1.06. The van der Waals surface area contributed by atoms with Crippen molar-refractivity contribution in [3.05, 3.63) is 5.92 Å². The maximum Gasteiger partial charge on any atom is -0.0205 e. The second-order valence-electron chi connectivity index (χ2n) is 6.29. The van der Waals surface area contributed by atoms with Crippen LogP contribution in [0.1, 0.15) is 70.6 Å². The van der Waals surface area contributed by atoms with Gasteiger partial charge in [-0.3, -0.25) is 0 Å². The molecule has 0 aliphatic heterocycles. The molecule has 0 heteroatoms.